The normalized spacial score (nSPS) is 10.1. The van der Waals surface area contributed by atoms with Crippen LogP contribution in [0, 0.1) is 0 Å². The molecular formula is C11H14O4. The molecule has 15 heavy (non-hydrogen) atoms. The molecule has 0 unspecified atom stereocenters. The van der Waals surface area contributed by atoms with Crippen molar-refractivity contribution in [3.63, 3.8) is 0 Å². The molecule has 0 aliphatic carbocycles. The van der Waals surface area contributed by atoms with Gasteiger partial charge in [0, 0.05) is 0 Å². The van der Waals surface area contributed by atoms with Crippen LogP contribution in [0.5, 0.6) is 11.5 Å². The summed E-state index contributed by atoms with van der Waals surface area (Å²) in [5.74, 6) is 0.0108. The van der Waals surface area contributed by atoms with Crippen LogP contribution in [0.25, 0.3) is 0 Å². The van der Waals surface area contributed by atoms with Gasteiger partial charge in [0.25, 0.3) is 0 Å². The fourth-order valence-corrected chi connectivity index (χ4v) is 1.06. The van der Waals surface area contributed by atoms with E-state index in [2.05, 4.69) is 0 Å². The Morgan fingerprint density at radius 3 is 2.47 bits per heavy atom. The number of carboxylic acids is 1. The molecule has 0 aromatic heterocycles. The lowest BCUT2D eigenvalue weighted by Crippen LogP contribution is -2.12. The Balaban J connectivity index is 2.72. The van der Waals surface area contributed by atoms with Gasteiger partial charge < -0.3 is 14.6 Å². The number of aliphatic carboxylic acids is 1. The molecule has 0 radical (unpaired) electrons. The maximum Gasteiger partial charge on any atom is 0.341 e. The van der Waals surface area contributed by atoms with Crippen LogP contribution in [0.3, 0.4) is 0 Å². The third kappa shape index (κ3) is 3.89. The first-order chi connectivity index (χ1) is 7.09. The van der Waals surface area contributed by atoms with Gasteiger partial charge in [-0.2, -0.15) is 0 Å². The van der Waals surface area contributed by atoms with Crippen molar-refractivity contribution in [2.45, 2.75) is 20.0 Å². The monoisotopic (exact) mass is 210 g/mol. The lowest BCUT2D eigenvalue weighted by Gasteiger charge is -2.13. The number of ether oxygens (including phenoxy) is 2. The zero-order chi connectivity index (χ0) is 11.3. The minimum Gasteiger partial charge on any atom is -0.487 e. The average molecular weight is 210 g/mol. The largest absolute Gasteiger partial charge is 0.487 e. The molecule has 0 amide bonds. The highest BCUT2D eigenvalue weighted by molar-refractivity contribution is 5.68. The van der Waals surface area contributed by atoms with E-state index in [0.717, 1.165) is 0 Å². The molecule has 1 aromatic carbocycles. The van der Waals surface area contributed by atoms with Gasteiger partial charge in [0.1, 0.15) is 0 Å². The SMILES string of the molecule is CC(C)Oc1ccccc1OCC(=O)O. The first kappa shape index (κ1) is 11.4. The summed E-state index contributed by atoms with van der Waals surface area (Å²) < 4.78 is 10.5. The van der Waals surface area contributed by atoms with Crippen molar-refractivity contribution < 1.29 is 19.4 Å². The predicted octanol–water partition coefficient (Wildman–Crippen LogP) is 1.94. The maximum absolute atomic E-state index is 10.3. The van der Waals surface area contributed by atoms with E-state index < -0.39 is 5.97 Å². The van der Waals surface area contributed by atoms with Gasteiger partial charge in [-0.05, 0) is 26.0 Å². The lowest BCUT2D eigenvalue weighted by atomic mass is 10.3. The second-order valence-corrected chi connectivity index (χ2v) is 3.30. The van der Waals surface area contributed by atoms with Gasteiger partial charge in [-0.3, -0.25) is 0 Å². The van der Waals surface area contributed by atoms with Crippen LogP contribution in [-0.2, 0) is 4.79 Å². The van der Waals surface area contributed by atoms with Crippen molar-refractivity contribution >= 4 is 5.97 Å². The molecule has 0 heterocycles. The second kappa shape index (κ2) is 5.24. The highest BCUT2D eigenvalue weighted by atomic mass is 16.5. The molecule has 0 fully saturated rings. The zero-order valence-electron chi connectivity index (χ0n) is 8.77. The van der Waals surface area contributed by atoms with Crippen LogP contribution in [-0.4, -0.2) is 23.8 Å². The summed E-state index contributed by atoms with van der Waals surface area (Å²) in [6.45, 7) is 3.43. The van der Waals surface area contributed by atoms with Gasteiger partial charge in [-0.1, -0.05) is 12.1 Å². The van der Waals surface area contributed by atoms with E-state index in [9.17, 15) is 4.79 Å². The second-order valence-electron chi connectivity index (χ2n) is 3.30. The predicted molar refractivity (Wildman–Crippen MR) is 55.3 cm³/mol. The number of carboxylic acid groups (broad SMARTS) is 1. The molecule has 4 heteroatoms. The van der Waals surface area contributed by atoms with E-state index >= 15 is 0 Å². The van der Waals surface area contributed by atoms with E-state index in [0.29, 0.717) is 11.5 Å². The van der Waals surface area contributed by atoms with Crippen molar-refractivity contribution in [1.29, 1.82) is 0 Å². The van der Waals surface area contributed by atoms with E-state index in [1.807, 2.05) is 19.9 Å². The summed E-state index contributed by atoms with van der Waals surface area (Å²) in [6.07, 6.45) is 0.0274. The third-order valence-corrected chi connectivity index (χ3v) is 1.56. The molecule has 1 rings (SSSR count). The Kier molecular flexibility index (Phi) is 3.97. The quantitative estimate of drug-likeness (QED) is 0.806. The standard InChI is InChI=1S/C11H14O4/c1-8(2)15-10-6-4-3-5-9(10)14-7-11(12)13/h3-6,8H,7H2,1-2H3,(H,12,13). The van der Waals surface area contributed by atoms with Crippen molar-refractivity contribution in [3.05, 3.63) is 24.3 Å². The summed E-state index contributed by atoms with van der Waals surface area (Å²) >= 11 is 0. The highest BCUT2D eigenvalue weighted by Crippen LogP contribution is 2.27. The molecule has 1 N–H and O–H groups in total. The number of hydrogen-bond donors (Lipinski definition) is 1. The molecule has 0 spiro atoms. The Bertz CT molecular complexity index is 333. The topological polar surface area (TPSA) is 55.8 Å². The molecule has 82 valence electrons. The Labute approximate surface area is 88.4 Å². The molecule has 0 aliphatic rings. The van der Waals surface area contributed by atoms with E-state index in [4.69, 9.17) is 14.6 Å². The van der Waals surface area contributed by atoms with Crippen molar-refractivity contribution in [3.8, 4) is 11.5 Å². The summed E-state index contributed by atoms with van der Waals surface area (Å²) in [5.41, 5.74) is 0. The molecular weight excluding hydrogens is 196 g/mol. The van der Waals surface area contributed by atoms with Crippen molar-refractivity contribution in [2.24, 2.45) is 0 Å². The maximum atomic E-state index is 10.3. The fourth-order valence-electron chi connectivity index (χ4n) is 1.06. The van der Waals surface area contributed by atoms with Gasteiger partial charge in [0.05, 0.1) is 6.10 Å². The minimum atomic E-state index is -1.01. The van der Waals surface area contributed by atoms with Crippen LogP contribution >= 0.6 is 0 Å². The van der Waals surface area contributed by atoms with Gasteiger partial charge in [0.15, 0.2) is 18.1 Å². The average Bonchev–Trinajstić information content (AvgIpc) is 2.15. The summed E-state index contributed by atoms with van der Waals surface area (Å²) in [4.78, 5) is 10.3. The number of para-hydroxylation sites is 2. The van der Waals surface area contributed by atoms with E-state index in [-0.39, 0.29) is 12.7 Å². The van der Waals surface area contributed by atoms with Crippen LogP contribution in [0.15, 0.2) is 24.3 Å². The van der Waals surface area contributed by atoms with Gasteiger partial charge in [-0.25, -0.2) is 4.79 Å². The molecule has 0 aliphatic heterocycles. The van der Waals surface area contributed by atoms with Gasteiger partial charge >= 0.3 is 5.97 Å². The van der Waals surface area contributed by atoms with E-state index in [1.54, 1.807) is 18.2 Å². The highest BCUT2D eigenvalue weighted by Gasteiger charge is 2.07. The summed E-state index contributed by atoms with van der Waals surface area (Å²) in [6, 6.07) is 7.01. The number of benzene rings is 1. The smallest absolute Gasteiger partial charge is 0.341 e. The first-order valence-electron chi connectivity index (χ1n) is 4.70. The number of hydrogen-bond acceptors (Lipinski definition) is 3. The fraction of sp³-hybridized carbons (Fsp3) is 0.364. The van der Waals surface area contributed by atoms with Crippen LogP contribution < -0.4 is 9.47 Å². The summed E-state index contributed by atoms with van der Waals surface area (Å²) in [5, 5.41) is 8.48. The molecule has 0 saturated carbocycles. The Morgan fingerprint density at radius 2 is 1.93 bits per heavy atom. The third-order valence-electron chi connectivity index (χ3n) is 1.56. The molecule has 0 saturated heterocycles. The number of carbonyl (C=O) groups is 1. The molecule has 0 atom stereocenters. The molecule has 4 nitrogen and oxygen atoms in total. The van der Waals surface area contributed by atoms with Crippen LogP contribution in [0.4, 0.5) is 0 Å². The minimum absolute atomic E-state index is 0.0274. The van der Waals surface area contributed by atoms with Crippen molar-refractivity contribution in [1.82, 2.24) is 0 Å². The van der Waals surface area contributed by atoms with Crippen molar-refractivity contribution in [2.75, 3.05) is 6.61 Å². The summed E-state index contributed by atoms with van der Waals surface area (Å²) in [7, 11) is 0. The first-order valence-corrected chi connectivity index (χ1v) is 4.70. The molecule has 1 aromatic rings. The van der Waals surface area contributed by atoms with Gasteiger partial charge in [0.2, 0.25) is 0 Å². The van der Waals surface area contributed by atoms with Crippen LogP contribution in [0.1, 0.15) is 13.8 Å². The van der Waals surface area contributed by atoms with E-state index in [1.165, 1.54) is 0 Å². The number of rotatable bonds is 5. The zero-order valence-corrected chi connectivity index (χ0v) is 8.77. The van der Waals surface area contributed by atoms with Crippen LogP contribution in [0.2, 0.25) is 0 Å². The molecule has 0 bridgehead atoms. The lowest BCUT2D eigenvalue weighted by molar-refractivity contribution is -0.139. The Hall–Kier alpha value is -1.71. The Morgan fingerprint density at radius 1 is 1.33 bits per heavy atom. The van der Waals surface area contributed by atoms with Gasteiger partial charge in [-0.15, -0.1) is 0 Å².